The second-order valence-electron chi connectivity index (χ2n) is 2.81. The van der Waals surface area contributed by atoms with Crippen LogP contribution in [0.5, 0.6) is 0 Å². The van der Waals surface area contributed by atoms with Crippen LogP contribution in [-0.4, -0.2) is 40.5 Å². The largest absolute Gasteiger partial charge is 0.396 e. The molecule has 0 aromatic heterocycles. The summed E-state index contributed by atoms with van der Waals surface area (Å²) in [5, 5.41) is 9.22. The third kappa shape index (κ3) is 4.03. The zero-order valence-electron chi connectivity index (χ0n) is 7.36. The maximum atomic E-state index is 8.62. The fourth-order valence-electron chi connectivity index (χ4n) is 1.14. The Kier molecular flexibility index (Phi) is 5.47. The highest BCUT2D eigenvalue weighted by atomic mass is 32.2. The van der Waals surface area contributed by atoms with Gasteiger partial charge in [-0.05, 0) is 6.42 Å². The maximum absolute atomic E-state index is 8.62. The summed E-state index contributed by atoms with van der Waals surface area (Å²) in [5.41, 5.74) is 0.409. The first-order valence-electron chi connectivity index (χ1n) is 4.28. The van der Waals surface area contributed by atoms with E-state index in [1.54, 1.807) is 0 Å². The van der Waals surface area contributed by atoms with E-state index < -0.39 is 0 Å². The average Bonchev–Trinajstić information content (AvgIpc) is 2.53. The van der Waals surface area contributed by atoms with Crippen LogP contribution >= 0.6 is 23.5 Å². The second-order valence-corrected chi connectivity index (χ2v) is 5.63. The van der Waals surface area contributed by atoms with Gasteiger partial charge in [0.25, 0.3) is 0 Å². The molecule has 1 saturated heterocycles. The Bertz CT molecular complexity index is 116. The van der Waals surface area contributed by atoms with Gasteiger partial charge in [0, 0.05) is 16.8 Å². The van der Waals surface area contributed by atoms with Crippen LogP contribution in [-0.2, 0) is 4.74 Å². The van der Waals surface area contributed by atoms with Gasteiger partial charge >= 0.3 is 0 Å². The molecule has 0 saturated carbocycles. The minimum Gasteiger partial charge on any atom is -0.396 e. The van der Waals surface area contributed by atoms with Crippen molar-refractivity contribution in [1.29, 1.82) is 0 Å². The first-order valence-corrected chi connectivity index (χ1v) is 6.38. The van der Waals surface area contributed by atoms with Crippen LogP contribution in [0.3, 0.4) is 0 Å². The molecule has 4 heteroatoms. The third-order valence-corrected chi connectivity index (χ3v) is 3.99. The molecule has 1 aliphatic rings. The fraction of sp³-hybridized carbons (Fsp3) is 1.00. The van der Waals surface area contributed by atoms with E-state index >= 15 is 0 Å². The smallest absolute Gasteiger partial charge is 0.104 e. The van der Waals surface area contributed by atoms with Crippen molar-refractivity contribution in [2.75, 3.05) is 24.7 Å². The first kappa shape index (κ1) is 10.7. The standard InChI is InChI=1S/C8H16O2S2/c1-7(11-4-2-9)6-8-10-3-5-12-8/h7-9H,2-6H2,1H3. The molecular weight excluding hydrogens is 192 g/mol. The van der Waals surface area contributed by atoms with Crippen molar-refractivity contribution in [3.8, 4) is 0 Å². The molecule has 2 nitrogen and oxygen atoms in total. The van der Waals surface area contributed by atoms with E-state index in [4.69, 9.17) is 9.84 Å². The summed E-state index contributed by atoms with van der Waals surface area (Å²) < 4.78 is 5.49. The monoisotopic (exact) mass is 208 g/mol. The maximum Gasteiger partial charge on any atom is 0.104 e. The van der Waals surface area contributed by atoms with Crippen LogP contribution in [0.25, 0.3) is 0 Å². The van der Waals surface area contributed by atoms with Crippen LogP contribution in [0.15, 0.2) is 0 Å². The summed E-state index contributed by atoms with van der Waals surface area (Å²) in [6.07, 6.45) is 1.11. The van der Waals surface area contributed by atoms with Crippen molar-refractivity contribution in [2.45, 2.75) is 24.0 Å². The Labute approximate surface area is 82.4 Å². The molecule has 12 heavy (non-hydrogen) atoms. The highest BCUT2D eigenvalue weighted by molar-refractivity contribution is 8.00. The van der Waals surface area contributed by atoms with Gasteiger partial charge in [-0.2, -0.15) is 11.8 Å². The molecule has 2 unspecified atom stereocenters. The lowest BCUT2D eigenvalue weighted by atomic mass is 10.3. The topological polar surface area (TPSA) is 29.5 Å². The lowest BCUT2D eigenvalue weighted by molar-refractivity contribution is 0.137. The number of hydrogen-bond acceptors (Lipinski definition) is 4. The first-order chi connectivity index (χ1) is 5.83. The van der Waals surface area contributed by atoms with Gasteiger partial charge in [-0.25, -0.2) is 0 Å². The minimum absolute atomic E-state index is 0.285. The number of ether oxygens (including phenoxy) is 1. The van der Waals surface area contributed by atoms with Crippen molar-refractivity contribution in [2.24, 2.45) is 0 Å². The lowest BCUT2D eigenvalue weighted by Crippen LogP contribution is -2.10. The van der Waals surface area contributed by atoms with E-state index in [1.807, 2.05) is 23.5 Å². The van der Waals surface area contributed by atoms with Crippen molar-refractivity contribution < 1.29 is 9.84 Å². The molecule has 1 fully saturated rings. The summed E-state index contributed by atoms with van der Waals surface area (Å²) >= 11 is 3.73. The third-order valence-electron chi connectivity index (χ3n) is 1.71. The Hall–Kier alpha value is 0.620. The van der Waals surface area contributed by atoms with Crippen molar-refractivity contribution in [1.82, 2.24) is 0 Å². The van der Waals surface area contributed by atoms with Crippen LogP contribution in [0.1, 0.15) is 13.3 Å². The SMILES string of the molecule is CC(CC1OCCS1)SCCO. The summed E-state index contributed by atoms with van der Waals surface area (Å²) in [6.45, 7) is 3.39. The fourth-order valence-corrected chi connectivity index (χ4v) is 3.15. The van der Waals surface area contributed by atoms with E-state index in [-0.39, 0.29) is 6.61 Å². The van der Waals surface area contributed by atoms with E-state index in [0.717, 1.165) is 24.5 Å². The van der Waals surface area contributed by atoms with E-state index in [1.165, 1.54) is 0 Å². The molecule has 0 amide bonds. The Balaban J connectivity index is 2.03. The van der Waals surface area contributed by atoms with E-state index in [2.05, 4.69) is 6.92 Å². The van der Waals surface area contributed by atoms with Gasteiger partial charge in [0.05, 0.1) is 13.2 Å². The van der Waals surface area contributed by atoms with Gasteiger partial charge in [-0.3, -0.25) is 0 Å². The van der Waals surface area contributed by atoms with Gasteiger partial charge in [0.2, 0.25) is 0 Å². The molecule has 1 N–H and O–H groups in total. The zero-order chi connectivity index (χ0) is 8.81. The van der Waals surface area contributed by atoms with E-state index in [0.29, 0.717) is 10.7 Å². The Morgan fingerprint density at radius 2 is 2.58 bits per heavy atom. The summed E-state index contributed by atoms with van der Waals surface area (Å²) in [6, 6.07) is 0. The second kappa shape index (κ2) is 6.13. The zero-order valence-corrected chi connectivity index (χ0v) is 9.00. The molecule has 72 valence electrons. The molecule has 1 aliphatic heterocycles. The normalized spacial score (nSPS) is 26.0. The molecule has 0 aliphatic carbocycles. The van der Waals surface area contributed by atoms with Gasteiger partial charge in [-0.15, -0.1) is 11.8 Å². The van der Waals surface area contributed by atoms with Crippen LogP contribution in [0.2, 0.25) is 0 Å². The van der Waals surface area contributed by atoms with Gasteiger partial charge in [0.15, 0.2) is 0 Å². The highest BCUT2D eigenvalue weighted by Crippen LogP contribution is 2.27. The van der Waals surface area contributed by atoms with E-state index in [9.17, 15) is 0 Å². The van der Waals surface area contributed by atoms with Crippen molar-refractivity contribution >= 4 is 23.5 Å². The number of rotatable bonds is 5. The number of aliphatic hydroxyl groups is 1. The molecule has 1 heterocycles. The molecule has 0 aromatic rings. The van der Waals surface area contributed by atoms with Gasteiger partial charge in [-0.1, -0.05) is 6.92 Å². The summed E-state index contributed by atoms with van der Waals surface area (Å²) in [4.78, 5) is 0. The predicted molar refractivity (Wildman–Crippen MR) is 55.8 cm³/mol. The lowest BCUT2D eigenvalue weighted by Gasteiger charge is -2.14. The number of hydrogen-bond donors (Lipinski definition) is 1. The molecule has 0 spiro atoms. The number of aliphatic hydroxyl groups excluding tert-OH is 1. The highest BCUT2D eigenvalue weighted by Gasteiger charge is 2.18. The van der Waals surface area contributed by atoms with Crippen LogP contribution in [0.4, 0.5) is 0 Å². The minimum atomic E-state index is 0.285. The molecular formula is C8H16O2S2. The summed E-state index contributed by atoms with van der Waals surface area (Å²) in [5.74, 6) is 1.99. The van der Waals surface area contributed by atoms with Crippen molar-refractivity contribution in [3.63, 3.8) is 0 Å². The van der Waals surface area contributed by atoms with Gasteiger partial charge < -0.3 is 9.84 Å². The molecule has 1 rings (SSSR count). The Morgan fingerprint density at radius 3 is 3.17 bits per heavy atom. The van der Waals surface area contributed by atoms with Gasteiger partial charge in [0.1, 0.15) is 5.44 Å². The molecule has 0 aromatic carbocycles. The Morgan fingerprint density at radius 1 is 1.75 bits per heavy atom. The molecule has 2 atom stereocenters. The van der Waals surface area contributed by atoms with Crippen LogP contribution < -0.4 is 0 Å². The molecule has 0 radical (unpaired) electrons. The predicted octanol–water partition coefficient (Wildman–Crippen LogP) is 1.58. The average molecular weight is 208 g/mol. The number of thioether (sulfide) groups is 2. The quantitative estimate of drug-likeness (QED) is 0.743. The molecule has 0 bridgehead atoms. The summed E-state index contributed by atoms with van der Waals surface area (Å²) in [7, 11) is 0. The van der Waals surface area contributed by atoms with Crippen molar-refractivity contribution in [3.05, 3.63) is 0 Å². The van der Waals surface area contributed by atoms with Crippen LogP contribution in [0, 0.1) is 0 Å².